The lowest BCUT2D eigenvalue weighted by Gasteiger charge is -2.22. The molecule has 0 heterocycles. The zero-order valence-electron chi connectivity index (χ0n) is 26.8. The van der Waals surface area contributed by atoms with Gasteiger partial charge in [-0.25, -0.2) is 4.57 Å². The van der Waals surface area contributed by atoms with Gasteiger partial charge in [0.25, 0.3) is 0 Å². The Morgan fingerprint density at radius 1 is 0.436 bits per heavy atom. The SMILES string of the molecule is CCCCCCCCCN(CCCCCCCCC)CCCCCCCOP(=O)(O)OCCCCCCCC. The third kappa shape index (κ3) is 30.8. The van der Waals surface area contributed by atoms with Crippen LogP contribution in [0.1, 0.15) is 181 Å². The summed E-state index contributed by atoms with van der Waals surface area (Å²) in [6, 6.07) is 0. The van der Waals surface area contributed by atoms with Crippen molar-refractivity contribution in [2.45, 2.75) is 181 Å². The first-order valence-corrected chi connectivity index (χ1v) is 18.9. The predicted molar refractivity (Wildman–Crippen MR) is 171 cm³/mol. The molecule has 0 saturated heterocycles. The molecule has 0 bridgehead atoms. The van der Waals surface area contributed by atoms with Crippen LogP contribution in [0.4, 0.5) is 0 Å². The van der Waals surface area contributed by atoms with Crippen molar-refractivity contribution in [2.24, 2.45) is 0 Å². The predicted octanol–water partition coefficient (Wildman–Crippen LogP) is 11.2. The monoisotopic (exact) mass is 576 g/mol. The average Bonchev–Trinajstić information content (AvgIpc) is 2.92. The summed E-state index contributed by atoms with van der Waals surface area (Å²) < 4.78 is 22.3. The van der Waals surface area contributed by atoms with E-state index in [1.807, 2.05) is 0 Å². The topological polar surface area (TPSA) is 59.0 Å². The molecule has 0 amide bonds. The second-order valence-electron chi connectivity index (χ2n) is 11.8. The summed E-state index contributed by atoms with van der Waals surface area (Å²) >= 11 is 0. The Labute approximate surface area is 245 Å². The van der Waals surface area contributed by atoms with Gasteiger partial charge in [0, 0.05) is 0 Å². The smallest absolute Gasteiger partial charge is 0.303 e. The molecule has 0 saturated carbocycles. The van der Waals surface area contributed by atoms with Crippen molar-refractivity contribution in [3.63, 3.8) is 0 Å². The molecule has 0 spiro atoms. The van der Waals surface area contributed by atoms with E-state index in [0.717, 1.165) is 25.7 Å². The molecule has 236 valence electrons. The van der Waals surface area contributed by atoms with Gasteiger partial charge in [-0.05, 0) is 51.7 Å². The Balaban J connectivity index is 3.91. The van der Waals surface area contributed by atoms with E-state index >= 15 is 0 Å². The highest BCUT2D eigenvalue weighted by atomic mass is 31.2. The molecule has 0 aliphatic heterocycles. The first kappa shape index (κ1) is 39.1. The number of hydrogen-bond acceptors (Lipinski definition) is 4. The van der Waals surface area contributed by atoms with Gasteiger partial charge in [0.1, 0.15) is 0 Å². The number of nitrogens with zero attached hydrogens (tertiary/aromatic N) is 1. The quantitative estimate of drug-likeness (QED) is 0.0623. The number of rotatable bonds is 33. The highest BCUT2D eigenvalue weighted by molar-refractivity contribution is 7.47. The highest BCUT2D eigenvalue weighted by Crippen LogP contribution is 2.43. The molecule has 39 heavy (non-hydrogen) atoms. The summed E-state index contributed by atoms with van der Waals surface area (Å²) in [5, 5.41) is 0. The number of phosphoric ester groups is 1. The fraction of sp³-hybridized carbons (Fsp3) is 1.00. The zero-order valence-corrected chi connectivity index (χ0v) is 27.7. The lowest BCUT2D eigenvalue weighted by molar-refractivity contribution is 0.145. The second kappa shape index (κ2) is 31.0. The van der Waals surface area contributed by atoms with Gasteiger partial charge in [0.2, 0.25) is 0 Å². The van der Waals surface area contributed by atoms with Crippen LogP contribution < -0.4 is 0 Å². The van der Waals surface area contributed by atoms with Gasteiger partial charge in [-0.2, -0.15) is 0 Å². The molecular weight excluding hydrogens is 505 g/mol. The molecular formula is C33H70NO4P. The number of hydrogen-bond donors (Lipinski definition) is 1. The van der Waals surface area contributed by atoms with Gasteiger partial charge in [-0.1, -0.05) is 149 Å². The van der Waals surface area contributed by atoms with E-state index in [9.17, 15) is 9.46 Å². The summed E-state index contributed by atoms with van der Waals surface area (Å²) in [7, 11) is -3.88. The number of phosphoric acid groups is 1. The Morgan fingerprint density at radius 2 is 0.692 bits per heavy atom. The van der Waals surface area contributed by atoms with E-state index in [0.29, 0.717) is 13.2 Å². The van der Waals surface area contributed by atoms with Crippen LogP contribution in [0, 0.1) is 0 Å². The lowest BCUT2D eigenvalue weighted by atomic mass is 10.1. The molecule has 0 aromatic carbocycles. The minimum Gasteiger partial charge on any atom is -0.303 e. The van der Waals surface area contributed by atoms with E-state index in [4.69, 9.17) is 9.05 Å². The highest BCUT2D eigenvalue weighted by Gasteiger charge is 2.19. The third-order valence-electron chi connectivity index (χ3n) is 7.78. The summed E-state index contributed by atoms with van der Waals surface area (Å²) in [5.41, 5.74) is 0. The Kier molecular flexibility index (Phi) is 31.1. The molecule has 1 unspecified atom stereocenters. The Hall–Kier alpha value is 0.0700. The van der Waals surface area contributed by atoms with E-state index in [1.165, 1.54) is 154 Å². The largest absolute Gasteiger partial charge is 0.472 e. The molecule has 0 aliphatic rings. The van der Waals surface area contributed by atoms with E-state index < -0.39 is 7.82 Å². The van der Waals surface area contributed by atoms with Crippen molar-refractivity contribution < 1.29 is 18.5 Å². The van der Waals surface area contributed by atoms with E-state index in [2.05, 4.69) is 25.7 Å². The molecule has 1 N–H and O–H groups in total. The number of unbranched alkanes of at least 4 members (excludes halogenated alkanes) is 21. The average molecular weight is 576 g/mol. The van der Waals surface area contributed by atoms with Gasteiger partial charge in [-0.15, -0.1) is 0 Å². The molecule has 0 aliphatic carbocycles. The molecule has 5 nitrogen and oxygen atoms in total. The van der Waals surface area contributed by atoms with Crippen LogP contribution in [0.3, 0.4) is 0 Å². The minimum absolute atomic E-state index is 0.312. The maximum atomic E-state index is 12.0. The first-order valence-electron chi connectivity index (χ1n) is 17.4. The standard InChI is InChI=1S/C33H70NO4P/c1-4-7-10-13-16-19-24-29-34(30-25-20-17-14-11-8-5-2)31-26-21-18-23-28-33-38-39(35,36)37-32-27-22-15-12-9-6-3/h4-33H2,1-3H3,(H,35,36). The summed E-state index contributed by atoms with van der Waals surface area (Å²) in [4.78, 5) is 12.6. The van der Waals surface area contributed by atoms with Crippen molar-refractivity contribution in [3.8, 4) is 0 Å². The Morgan fingerprint density at radius 3 is 1.00 bits per heavy atom. The molecule has 1 atom stereocenters. The molecule has 0 rings (SSSR count). The second-order valence-corrected chi connectivity index (χ2v) is 13.2. The molecule has 0 radical (unpaired) electrons. The van der Waals surface area contributed by atoms with Gasteiger partial charge in [-0.3, -0.25) is 9.05 Å². The summed E-state index contributed by atoms with van der Waals surface area (Å²) in [6.07, 6.45) is 31.6. The van der Waals surface area contributed by atoms with Crippen LogP contribution >= 0.6 is 7.82 Å². The molecule has 0 aromatic rings. The summed E-state index contributed by atoms with van der Waals surface area (Å²) in [6.45, 7) is 11.2. The minimum atomic E-state index is -3.88. The van der Waals surface area contributed by atoms with Crippen molar-refractivity contribution in [1.29, 1.82) is 0 Å². The van der Waals surface area contributed by atoms with Crippen LogP contribution in [0.2, 0.25) is 0 Å². The van der Waals surface area contributed by atoms with Gasteiger partial charge in [0.05, 0.1) is 13.2 Å². The van der Waals surface area contributed by atoms with Crippen molar-refractivity contribution in [2.75, 3.05) is 32.8 Å². The summed E-state index contributed by atoms with van der Waals surface area (Å²) in [5.74, 6) is 0. The lowest BCUT2D eigenvalue weighted by Crippen LogP contribution is -2.27. The van der Waals surface area contributed by atoms with Crippen LogP contribution in [0.25, 0.3) is 0 Å². The van der Waals surface area contributed by atoms with Crippen LogP contribution in [-0.4, -0.2) is 42.6 Å². The first-order chi connectivity index (χ1) is 19.1. The zero-order chi connectivity index (χ0) is 28.7. The van der Waals surface area contributed by atoms with Gasteiger partial charge >= 0.3 is 7.82 Å². The van der Waals surface area contributed by atoms with E-state index in [-0.39, 0.29) is 0 Å². The Bertz CT molecular complexity index is 502. The fourth-order valence-electron chi connectivity index (χ4n) is 5.17. The third-order valence-corrected chi connectivity index (χ3v) is 8.80. The van der Waals surface area contributed by atoms with Crippen LogP contribution in [0.15, 0.2) is 0 Å². The van der Waals surface area contributed by atoms with Crippen molar-refractivity contribution in [3.05, 3.63) is 0 Å². The maximum absolute atomic E-state index is 12.0. The molecule has 0 fully saturated rings. The molecule has 0 aromatic heterocycles. The van der Waals surface area contributed by atoms with Gasteiger partial charge in [0.15, 0.2) is 0 Å². The normalized spacial score (nSPS) is 13.4. The van der Waals surface area contributed by atoms with Crippen LogP contribution in [0.5, 0.6) is 0 Å². The fourth-order valence-corrected chi connectivity index (χ4v) is 5.96. The van der Waals surface area contributed by atoms with Crippen molar-refractivity contribution in [1.82, 2.24) is 4.90 Å². The van der Waals surface area contributed by atoms with E-state index in [1.54, 1.807) is 0 Å². The van der Waals surface area contributed by atoms with Crippen LogP contribution in [-0.2, 0) is 13.6 Å². The van der Waals surface area contributed by atoms with Crippen molar-refractivity contribution >= 4 is 7.82 Å². The molecule has 6 heteroatoms. The van der Waals surface area contributed by atoms with Gasteiger partial charge < -0.3 is 9.79 Å². The maximum Gasteiger partial charge on any atom is 0.472 e.